The van der Waals surface area contributed by atoms with E-state index < -0.39 is 0 Å². The van der Waals surface area contributed by atoms with Gasteiger partial charge in [-0.05, 0) is 32.4 Å². The molecule has 1 heterocycles. The summed E-state index contributed by atoms with van der Waals surface area (Å²) in [5.74, 6) is 0.346. The second kappa shape index (κ2) is 5.47. The van der Waals surface area contributed by atoms with Crippen molar-refractivity contribution in [3.8, 4) is 0 Å². The van der Waals surface area contributed by atoms with Gasteiger partial charge in [-0.15, -0.1) is 0 Å². The van der Waals surface area contributed by atoms with Crippen LogP contribution in [-0.2, 0) is 4.74 Å². The Labute approximate surface area is 92.3 Å². The Hall–Kier alpha value is -0.610. The van der Waals surface area contributed by atoms with Crippen LogP contribution in [0.5, 0.6) is 0 Å². The Morgan fingerprint density at radius 1 is 1.47 bits per heavy atom. The highest BCUT2D eigenvalue weighted by Crippen LogP contribution is 2.30. The maximum atomic E-state index is 7.56. The number of likely N-dealkylation sites (tertiary alicyclic amines) is 1. The van der Waals surface area contributed by atoms with Crippen LogP contribution in [0.25, 0.3) is 0 Å². The fraction of sp³-hybridized carbons (Fsp3) is 0.909. The molecule has 0 aromatic heterocycles. The fourth-order valence-electron chi connectivity index (χ4n) is 1.97. The molecule has 1 aliphatic heterocycles. The van der Waals surface area contributed by atoms with E-state index in [9.17, 15) is 0 Å². The van der Waals surface area contributed by atoms with Crippen molar-refractivity contribution in [1.29, 1.82) is 5.41 Å². The van der Waals surface area contributed by atoms with Gasteiger partial charge in [0.25, 0.3) is 0 Å². The van der Waals surface area contributed by atoms with Gasteiger partial charge in [0.15, 0.2) is 0 Å². The smallest absolute Gasteiger partial charge is 0.0966 e. The largest absolute Gasteiger partial charge is 0.387 e. The van der Waals surface area contributed by atoms with E-state index in [2.05, 4.69) is 11.8 Å². The number of nitrogens with zero attached hydrogens (tertiary/aromatic N) is 1. The number of nitrogens with two attached hydrogens (primary N) is 1. The molecule has 1 aliphatic rings. The first-order valence-electron chi connectivity index (χ1n) is 5.64. The molecule has 0 aliphatic carbocycles. The van der Waals surface area contributed by atoms with Crippen molar-refractivity contribution in [2.75, 3.05) is 33.4 Å². The zero-order chi connectivity index (χ0) is 11.3. The molecule has 0 saturated carbocycles. The molecule has 0 aromatic rings. The number of piperidine rings is 1. The van der Waals surface area contributed by atoms with Gasteiger partial charge in [0, 0.05) is 25.7 Å². The molecule has 4 nitrogen and oxygen atoms in total. The topological polar surface area (TPSA) is 62.3 Å². The molecule has 0 atom stereocenters. The number of rotatable bonds is 5. The number of amidine groups is 1. The zero-order valence-corrected chi connectivity index (χ0v) is 9.88. The van der Waals surface area contributed by atoms with Crippen LogP contribution in [0.4, 0.5) is 0 Å². The van der Waals surface area contributed by atoms with Gasteiger partial charge in [0.05, 0.1) is 5.84 Å². The molecule has 0 amide bonds. The van der Waals surface area contributed by atoms with Crippen LogP contribution in [0, 0.1) is 10.8 Å². The van der Waals surface area contributed by atoms with Gasteiger partial charge in [-0.2, -0.15) is 0 Å². The molecule has 88 valence electrons. The van der Waals surface area contributed by atoms with Crippen molar-refractivity contribution in [2.45, 2.75) is 26.2 Å². The van der Waals surface area contributed by atoms with Crippen molar-refractivity contribution in [1.82, 2.24) is 4.90 Å². The maximum absolute atomic E-state index is 7.56. The van der Waals surface area contributed by atoms with Crippen LogP contribution >= 0.6 is 0 Å². The summed E-state index contributed by atoms with van der Waals surface area (Å²) < 4.78 is 5.03. The first-order chi connectivity index (χ1) is 7.08. The molecule has 4 heteroatoms. The van der Waals surface area contributed by atoms with Gasteiger partial charge in [-0.3, -0.25) is 5.41 Å². The highest BCUT2D eigenvalue weighted by atomic mass is 16.5. The molecule has 1 saturated heterocycles. The van der Waals surface area contributed by atoms with Crippen molar-refractivity contribution < 1.29 is 4.74 Å². The molecule has 3 N–H and O–H groups in total. The number of hydrogen-bond donors (Lipinski definition) is 2. The van der Waals surface area contributed by atoms with Gasteiger partial charge in [-0.1, -0.05) is 6.92 Å². The second-order valence-electron chi connectivity index (χ2n) is 4.66. The summed E-state index contributed by atoms with van der Waals surface area (Å²) in [7, 11) is 1.74. The summed E-state index contributed by atoms with van der Waals surface area (Å²) >= 11 is 0. The summed E-state index contributed by atoms with van der Waals surface area (Å²) in [6, 6.07) is 0. The molecule has 0 unspecified atom stereocenters. The van der Waals surface area contributed by atoms with Crippen LogP contribution in [0.3, 0.4) is 0 Å². The summed E-state index contributed by atoms with van der Waals surface area (Å²) in [6.07, 6.45) is 3.11. The van der Waals surface area contributed by atoms with Gasteiger partial charge in [-0.25, -0.2) is 0 Å². The quantitative estimate of drug-likeness (QED) is 0.408. The SMILES string of the molecule is COCCCN1CCC(C)(C(=N)N)CC1. The standard InChI is InChI=1S/C11H23N3O/c1-11(10(12)13)4-7-14(8-5-11)6-3-9-15-2/h3-9H2,1-2H3,(H3,12,13). The molecule has 0 bridgehead atoms. The van der Waals surface area contributed by atoms with Crippen molar-refractivity contribution in [3.05, 3.63) is 0 Å². The molecule has 0 radical (unpaired) electrons. The van der Waals surface area contributed by atoms with Crippen LogP contribution in [0.15, 0.2) is 0 Å². The van der Waals surface area contributed by atoms with E-state index in [0.717, 1.165) is 45.5 Å². The number of methoxy groups -OCH3 is 1. The van der Waals surface area contributed by atoms with Crippen molar-refractivity contribution >= 4 is 5.84 Å². The van der Waals surface area contributed by atoms with Crippen LogP contribution in [0.2, 0.25) is 0 Å². The lowest BCUT2D eigenvalue weighted by atomic mass is 9.79. The van der Waals surface area contributed by atoms with E-state index >= 15 is 0 Å². The highest BCUT2D eigenvalue weighted by Gasteiger charge is 2.32. The second-order valence-corrected chi connectivity index (χ2v) is 4.66. The lowest BCUT2D eigenvalue weighted by Gasteiger charge is -2.38. The summed E-state index contributed by atoms with van der Waals surface area (Å²) in [5.41, 5.74) is 5.56. The number of ether oxygens (including phenoxy) is 1. The van der Waals surface area contributed by atoms with Gasteiger partial charge in [0.1, 0.15) is 0 Å². The molecule has 15 heavy (non-hydrogen) atoms. The number of nitrogens with one attached hydrogen (secondary N) is 1. The third-order valence-electron chi connectivity index (χ3n) is 3.43. The van der Waals surface area contributed by atoms with E-state index in [4.69, 9.17) is 15.9 Å². The van der Waals surface area contributed by atoms with Crippen LogP contribution < -0.4 is 5.73 Å². The Morgan fingerprint density at radius 2 is 2.07 bits per heavy atom. The van der Waals surface area contributed by atoms with Crippen LogP contribution in [0.1, 0.15) is 26.2 Å². The monoisotopic (exact) mass is 213 g/mol. The van der Waals surface area contributed by atoms with E-state index in [-0.39, 0.29) is 5.41 Å². The maximum Gasteiger partial charge on any atom is 0.0966 e. The fourth-order valence-corrected chi connectivity index (χ4v) is 1.97. The van der Waals surface area contributed by atoms with Gasteiger partial charge < -0.3 is 15.4 Å². The molecular weight excluding hydrogens is 190 g/mol. The average Bonchev–Trinajstić information content (AvgIpc) is 2.21. The predicted octanol–water partition coefficient (Wildman–Crippen LogP) is 1.06. The Balaban J connectivity index is 2.26. The summed E-state index contributed by atoms with van der Waals surface area (Å²) in [4.78, 5) is 2.43. The Kier molecular flexibility index (Phi) is 4.54. The number of hydrogen-bond acceptors (Lipinski definition) is 3. The third-order valence-corrected chi connectivity index (χ3v) is 3.43. The summed E-state index contributed by atoms with van der Waals surface area (Å²) in [5, 5.41) is 7.56. The third kappa shape index (κ3) is 3.47. The normalized spacial score (nSPS) is 21.5. The minimum absolute atomic E-state index is 0.0578. The summed E-state index contributed by atoms with van der Waals surface area (Å²) in [6.45, 7) is 6.14. The molecule has 1 fully saturated rings. The van der Waals surface area contributed by atoms with Crippen molar-refractivity contribution in [2.24, 2.45) is 11.1 Å². The zero-order valence-electron chi connectivity index (χ0n) is 9.88. The van der Waals surface area contributed by atoms with Crippen LogP contribution in [-0.4, -0.2) is 44.1 Å². The van der Waals surface area contributed by atoms with E-state index in [1.165, 1.54) is 0 Å². The molecule has 1 rings (SSSR count). The molecule has 0 spiro atoms. The molecular formula is C11H23N3O. The molecule has 0 aromatic carbocycles. The predicted molar refractivity (Wildman–Crippen MR) is 62.2 cm³/mol. The Morgan fingerprint density at radius 3 is 2.53 bits per heavy atom. The first-order valence-corrected chi connectivity index (χ1v) is 5.64. The lowest BCUT2D eigenvalue weighted by Crippen LogP contribution is -2.45. The van der Waals surface area contributed by atoms with Crippen molar-refractivity contribution in [3.63, 3.8) is 0 Å². The minimum Gasteiger partial charge on any atom is -0.387 e. The Bertz CT molecular complexity index is 210. The minimum atomic E-state index is -0.0578. The lowest BCUT2D eigenvalue weighted by molar-refractivity contribution is 0.135. The van der Waals surface area contributed by atoms with E-state index in [1.807, 2.05) is 0 Å². The van der Waals surface area contributed by atoms with Gasteiger partial charge >= 0.3 is 0 Å². The van der Waals surface area contributed by atoms with Gasteiger partial charge in [0.2, 0.25) is 0 Å². The first kappa shape index (κ1) is 12.5. The average molecular weight is 213 g/mol. The highest BCUT2D eigenvalue weighted by molar-refractivity contribution is 5.83. The van der Waals surface area contributed by atoms with E-state index in [1.54, 1.807) is 7.11 Å². The van der Waals surface area contributed by atoms with E-state index in [0.29, 0.717) is 5.84 Å².